The van der Waals surface area contributed by atoms with E-state index in [4.69, 9.17) is 0 Å². The van der Waals surface area contributed by atoms with Crippen molar-refractivity contribution in [2.75, 3.05) is 13.2 Å². The molecule has 2 rings (SSSR count). The summed E-state index contributed by atoms with van der Waals surface area (Å²) < 4.78 is 0. The van der Waals surface area contributed by atoms with Crippen molar-refractivity contribution in [2.45, 2.75) is 64.8 Å². The highest BCUT2D eigenvalue weighted by Gasteiger charge is 2.28. The number of rotatable bonds is 7. The molecule has 0 aliphatic heterocycles. The lowest BCUT2D eigenvalue weighted by atomic mass is 10.1. The molecule has 1 aromatic rings. The van der Waals surface area contributed by atoms with Crippen molar-refractivity contribution < 1.29 is 9.90 Å². The summed E-state index contributed by atoms with van der Waals surface area (Å²) in [6.45, 7) is 4.84. The maximum absolute atomic E-state index is 12.8. The largest absolute Gasteiger partial charge is 0.395 e. The van der Waals surface area contributed by atoms with Gasteiger partial charge in [0.1, 0.15) is 0 Å². The van der Waals surface area contributed by atoms with Crippen molar-refractivity contribution in [1.82, 2.24) is 4.90 Å². The zero-order valence-electron chi connectivity index (χ0n) is 13.2. The number of aliphatic hydroxyl groups excluding tert-OH is 1. The predicted octanol–water partition coefficient (Wildman–Crippen LogP) is 3.64. The van der Waals surface area contributed by atoms with Gasteiger partial charge < -0.3 is 10.0 Å². The van der Waals surface area contributed by atoms with Gasteiger partial charge in [0.2, 0.25) is 0 Å². The van der Waals surface area contributed by atoms with Crippen LogP contribution in [0.5, 0.6) is 0 Å². The second-order valence-corrected chi connectivity index (χ2v) is 6.96. The first-order valence-electron chi connectivity index (χ1n) is 8.24. The molecular weight excluding hydrogens is 282 g/mol. The van der Waals surface area contributed by atoms with E-state index in [0.717, 1.165) is 37.0 Å². The zero-order valence-corrected chi connectivity index (χ0v) is 14.0. The van der Waals surface area contributed by atoms with Crippen molar-refractivity contribution in [3.8, 4) is 0 Å². The molecule has 3 nitrogen and oxygen atoms in total. The fourth-order valence-corrected chi connectivity index (χ4v) is 4.54. The molecule has 1 fully saturated rings. The summed E-state index contributed by atoms with van der Waals surface area (Å²) in [5.41, 5.74) is 1.32. The van der Waals surface area contributed by atoms with Gasteiger partial charge in [-0.2, -0.15) is 0 Å². The van der Waals surface area contributed by atoms with Crippen LogP contribution in [0.4, 0.5) is 0 Å². The molecule has 0 aromatic carbocycles. The third-order valence-corrected chi connectivity index (χ3v) is 5.56. The topological polar surface area (TPSA) is 40.5 Å². The van der Waals surface area contributed by atoms with Gasteiger partial charge in [0, 0.05) is 17.5 Å². The van der Waals surface area contributed by atoms with E-state index in [1.807, 2.05) is 4.90 Å². The van der Waals surface area contributed by atoms with Crippen LogP contribution in [-0.2, 0) is 12.8 Å². The summed E-state index contributed by atoms with van der Waals surface area (Å²) in [6.07, 6.45) is 7.73. The molecule has 21 heavy (non-hydrogen) atoms. The molecule has 1 aliphatic carbocycles. The van der Waals surface area contributed by atoms with Crippen LogP contribution < -0.4 is 0 Å². The van der Waals surface area contributed by atoms with E-state index >= 15 is 0 Å². The Balaban J connectivity index is 2.19. The molecule has 0 saturated heterocycles. The van der Waals surface area contributed by atoms with Crippen molar-refractivity contribution in [3.63, 3.8) is 0 Å². The fraction of sp³-hybridized carbons (Fsp3) is 0.706. The SMILES string of the molecule is CCCc1sc(C(=O)N(CCO)C2CCCC2)cc1CC. The van der Waals surface area contributed by atoms with E-state index in [9.17, 15) is 9.90 Å². The van der Waals surface area contributed by atoms with E-state index < -0.39 is 0 Å². The summed E-state index contributed by atoms with van der Waals surface area (Å²) in [4.78, 5) is 17.0. The minimum Gasteiger partial charge on any atom is -0.395 e. The van der Waals surface area contributed by atoms with Crippen LogP contribution in [0, 0.1) is 0 Å². The molecule has 1 heterocycles. The van der Waals surface area contributed by atoms with Gasteiger partial charge in [-0.25, -0.2) is 0 Å². The Morgan fingerprint density at radius 3 is 2.67 bits per heavy atom. The molecule has 0 bridgehead atoms. The van der Waals surface area contributed by atoms with Crippen molar-refractivity contribution in [1.29, 1.82) is 0 Å². The Kier molecular flexibility index (Phi) is 6.24. The molecular formula is C17H27NO2S. The number of amides is 1. The number of carbonyl (C=O) groups excluding carboxylic acids is 1. The Hall–Kier alpha value is -0.870. The maximum Gasteiger partial charge on any atom is 0.264 e. The number of thiophene rings is 1. The van der Waals surface area contributed by atoms with Crippen LogP contribution in [-0.4, -0.2) is 35.1 Å². The van der Waals surface area contributed by atoms with Gasteiger partial charge in [-0.05, 0) is 37.3 Å². The third kappa shape index (κ3) is 3.86. The van der Waals surface area contributed by atoms with E-state index in [2.05, 4.69) is 19.9 Å². The van der Waals surface area contributed by atoms with Gasteiger partial charge in [-0.3, -0.25) is 4.79 Å². The highest BCUT2D eigenvalue weighted by Crippen LogP contribution is 2.29. The minimum absolute atomic E-state index is 0.0517. The maximum atomic E-state index is 12.8. The van der Waals surface area contributed by atoms with Crippen LogP contribution in [0.2, 0.25) is 0 Å². The number of nitrogens with zero attached hydrogens (tertiary/aromatic N) is 1. The summed E-state index contributed by atoms with van der Waals surface area (Å²) in [7, 11) is 0. The molecule has 1 saturated carbocycles. The van der Waals surface area contributed by atoms with E-state index in [-0.39, 0.29) is 12.5 Å². The molecule has 0 spiro atoms. The lowest BCUT2D eigenvalue weighted by molar-refractivity contribution is 0.0643. The molecule has 4 heteroatoms. The average molecular weight is 309 g/mol. The Bertz CT molecular complexity index is 463. The number of aryl methyl sites for hydroxylation is 2. The van der Waals surface area contributed by atoms with Gasteiger partial charge in [0.15, 0.2) is 0 Å². The van der Waals surface area contributed by atoms with E-state index in [1.54, 1.807) is 11.3 Å². The Labute approximate surface area is 132 Å². The number of hydrogen-bond donors (Lipinski definition) is 1. The summed E-state index contributed by atoms with van der Waals surface area (Å²) in [6, 6.07) is 2.41. The van der Waals surface area contributed by atoms with Crippen LogP contribution in [0.15, 0.2) is 6.07 Å². The number of hydrogen-bond acceptors (Lipinski definition) is 3. The molecule has 1 amide bonds. The first-order chi connectivity index (χ1) is 10.2. The highest BCUT2D eigenvalue weighted by molar-refractivity contribution is 7.14. The zero-order chi connectivity index (χ0) is 15.2. The van der Waals surface area contributed by atoms with Crippen molar-refractivity contribution in [2.24, 2.45) is 0 Å². The van der Waals surface area contributed by atoms with Crippen LogP contribution in [0.1, 0.15) is 66.1 Å². The monoisotopic (exact) mass is 309 g/mol. The molecule has 1 N–H and O–H groups in total. The first kappa shape index (κ1) is 16.5. The summed E-state index contributed by atoms with van der Waals surface area (Å²) in [5.74, 6) is 0.123. The minimum atomic E-state index is 0.0517. The number of aliphatic hydroxyl groups is 1. The fourth-order valence-electron chi connectivity index (χ4n) is 3.22. The van der Waals surface area contributed by atoms with Crippen LogP contribution in [0.3, 0.4) is 0 Å². The van der Waals surface area contributed by atoms with Crippen LogP contribution in [0.25, 0.3) is 0 Å². The number of carbonyl (C=O) groups is 1. The first-order valence-corrected chi connectivity index (χ1v) is 9.06. The second-order valence-electron chi connectivity index (χ2n) is 5.82. The van der Waals surface area contributed by atoms with E-state index in [0.29, 0.717) is 12.6 Å². The Morgan fingerprint density at radius 2 is 2.10 bits per heavy atom. The predicted molar refractivity (Wildman–Crippen MR) is 88.1 cm³/mol. The van der Waals surface area contributed by atoms with Crippen molar-refractivity contribution in [3.05, 3.63) is 21.4 Å². The normalized spacial score (nSPS) is 15.6. The highest BCUT2D eigenvalue weighted by atomic mass is 32.1. The standard InChI is InChI=1S/C17H27NO2S/c1-3-7-15-13(4-2)12-16(21-15)17(20)18(10-11-19)14-8-5-6-9-14/h12,14,19H,3-11H2,1-2H3. The van der Waals surface area contributed by atoms with Gasteiger partial charge in [-0.1, -0.05) is 33.1 Å². The lowest BCUT2D eigenvalue weighted by Gasteiger charge is -2.27. The third-order valence-electron chi connectivity index (χ3n) is 4.33. The average Bonchev–Trinajstić information content (AvgIpc) is 3.13. The van der Waals surface area contributed by atoms with Crippen molar-refractivity contribution >= 4 is 17.2 Å². The molecule has 0 atom stereocenters. The summed E-state index contributed by atoms with van der Waals surface area (Å²) in [5, 5.41) is 9.29. The van der Waals surface area contributed by atoms with E-state index in [1.165, 1.54) is 23.3 Å². The van der Waals surface area contributed by atoms with Gasteiger partial charge in [0.25, 0.3) is 5.91 Å². The van der Waals surface area contributed by atoms with Gasteiger partial charge in [0.05, 0.1) is 11.5 Å². The molecule has 1 aliphatic rings. The summed E-state index contributed by atoms with van der Waals surface area (Å²) >= 11 is 1.66. The smallest absolute Gasteiger partial charge is 0.264 e. The Morgan fingerprint density at radius 1 is 1.38 bits per heavy atom. The van der Waals surface area contributed by atoms with Gasteiger partial charge >= 0.3 is 0 Å². The van der Waals surface area contributed by atoms with Gasteiger partial charge in [-0.15, -0.1) is 11.3 Å². The van der Waals surface area contributed by atoms with Crippen LogP contribution >= 0.6 is 11.3 Å². The molecule has 0 radical (unpaired) electrons. The lowest BCUT2D eigenvalue weighted by Crippen LogP contribution is -2.40. The quantitative estimate of drug-likeness (QED) is 0.835. The molecule has 118 valence electrons. The second kappa shape index (κ2) is 7.95. The molecule has 0 unspecified atom stereocenters. The molecule has 1 aromatic heterocycles.